The van der Waals surface area contributed by atoms with Gasteiger partial charge in [0.15, 0.2) is 11.8 Å². The molecule has 17 heavy (non-hydrogen) atoms. The van der Waals surface area contributed by atoms with Gasteiger partial charge in [-0.05, 0) is 13.3 Å². The normalized spacial score (nSPS) is 11.4. The van der Waals surface area contributed by atoms with Crippen LogP contribution >= 0.6 is 0 Å². The molecule has 0 aromatic heterocycles. The van der Waals surface area contributed by atoms with Crippen LogP contribution in [-0.4, -0.2) is 36.3 Å². The quantitative estimate of drug-likeness (QED) is 0.415. The Labute approximate surface area is 98.1 Å². The molecule has 0 radical (unpaired) electrons. The molecule has 0 spiro atoms. The fourth-order valence-electron chi connectivity index (χ4n) is 1.07. The van der Waals surface area contributed by atoms with Crippen molar-refractivity contribution in [1.29, 1.82) is 0 Å². The molecule has 0 aromatic rings. The summed E-state index contributed by atoms with van der Waals surface area (Å²) in [5, 5.41) is 12.3. The Kier molecular flexibility index (Phi) is 6.54. The van der Waals surface area contributed by atoms with Gasteiger partial charge in [0.1, 0.15) is 0 Å². The summed E-state index contributed by atoms with van der Waals surface area (Å²) >= 11 is 0. The van der Waals surface area contributed by atoms with Crippen molar-refractivity contribution in [2.24, 2.45) is 0 Å². The highest BCUT2D eigenvalue weighted by atomic mass is 16.5. The van der Waals surface area contributed by atoms with Crippen LogP contribution in [0.4, 0.5) is 0 Å². The van der Waals surface area contributed by atoms with E-state index in [4.69, 9.17) is 0 Å². The number of carboxylic acids is 1. The van der Waals surface area contributed by atoms with Gasteiger partial charge >= 0.3 is 5.97 Å². The van der Waals surface area contributed by atoms with E-state index in [-0.39, 0.29) is 6.61 Å². The fourth-order valence-corrected chi connectivity index (χ4v) is 1.07. The molecule has 7 nitrogen and oxygen atoms in total. The van der Waals surface area contributed by atoms with Crippen LogP contribution in [0.5, 0.6) is 0 Å². The van der Waals surface area contributed by atoms with Gasteiger partial charge in [-0.3, -0.25) is 9.59 Å². The van der Waals surface area contributed by atoms with Crippen molar-refractivity contribution in [3.63, 3.8) is 0 Å². The lowest BCUT2D eigenvalue weighted by Gasteiger charge is -2.15. The van der Waals surface area contributed by atoms with Crippen molar-refractivity contribution in [2.75, 3.05) is 6.61 Å². The van der Waals surface area contributed by atoms with Gasteiger partial charge < -0.3 is 20.0 Å². The second-order valence-corrected chi connectivity index (χ2v) is 3.22. The molecule has 1 N–H and O–H groups in total. The van der Waals surface area contributed by atoms with Crippen LogP contribution in [-0.2, 0) is 23.9 Å². The zero-order valence-electron chi connectivity index (χ0n) is 9.65. The van der Waals surface area contributed by atoms with Crippen LogP contribution in [0.25, 0.3) is 0 Å². The highest BCUT2D eigenvalue weighted by Gasteiger charge is 2.28. The van der Waals surface area contributed by atoms with Crippen molar-refractivity contribution in [3.05, 3.63) is 0 Å². The molecular weight excluding hydrogens is 230 g/mol. The maximum absolute atomic E-state index is 11.5. The highest BCUT2D eigenvalue weighted by molar-refractivity contribution is 6.06. The van der Waals surface area contributed by atoms with Gasteiger partial charge in [-0.15, -0.1) is 0 Å². The first kappa shape index (κ1) is 15.1. The van der Waals surface area contributed by atoms with Gasteiger partial charge in [-0.2, -0.15) is 0 Å². The molecule has 0 aliphatic rings. The number of rotatable bonds is 7. The van der Waals surface area contributed by atoms with E-state index in [1.807, 2.05) is 0 Å². The standard InChI is InChI=1S/C10H15NO6/c1-3-17-10(16)9(11-6(2)12)7(13)4-5-8(14)15/h9H,3-5H2,1-2H3,(H,11,12)(H,14,15)/p-1. The number of ketones is 1. The van der Waals surface area contributed by atoms with Crippen molar-refractivity contribution in [3.8, 4) is 0 Å². The number of hydrogen-bond donors (Lipinski definition) is 1. The van der Waals surface area contributed by atoms with E-state index in [0.717, 1.165) is 6.92 Å². The SMILES string of the molecule is CCOC(=O)C(NC(C)=O)C(=O)CCC(=O)[O-]. The summed E-state index contributed by atoms with van der Waals surface area (Å²) < 4.78 is 4.60. The van der Waals surface area contributed by atoms with Crippen LogP contribution in [0, 0.1) is 0 Å². The molecule has 0 saturated heterocycles. The van der Waals surface area contributed by atoms with E-state index in [1.165, 1.54) is 0 Å². The first-order chi connectivity index (χ1) is 7.88. The van der Waals surface area contributed by atoms with E-state index < -0.39 is 42.5 Å². The zero-order chi connectivity index (χ0) is 13.4. The van der Waals surface area contributed by atoms with Crippen LogP contribution in [0.2, 0.25) is 0 Å². The number of Topliss-reactive ketones (excluding diaryl/α,β-unsaturated/α-hetero) is 1. The van der Waals surface area contributed by atoms with Crippen molar-refractivity contribution < 1.29 is 29.0 Å². The molecule has 96 valence electrons. The first-order valence-corrected chi connectivity index (χ1v) is 5.04. The van der Waals surface area contributed by atoms with E-state index in [0.29, 0.717) is 0 Å². The topological polar surface area (TPSA) is 113 Å². The van der Waals surface area contributed by atoms with Crippen molar-refractivity contribution in [2.45, 2.75) is 32.7 Å². The lowest BCUT2D eigenvalue weighted by molar-refractivity contribution is -0.305. The number of carbonyl (C=O) groups excluding carboxylic acids is 4. The summed E-state index contributed by atoms with van der Waals surface area (Å²) in [6, 6.07) is -1.45. The van der Waals surface area contributed by atoms with E-state index in [2.05, 4.69) is 10.1 Å². The van der Waals surface area contributed by atoms with Crippen molar-refractivity contribution >= 4 is 23.6 Å². The molecular formula is C10H14NO6-. The molecule has 1 atom stereocenters. The molecule has 1 unspecified atom stereocenters. The van der Waals surface area contributed by atoms with Crippen LogP contribution in [0.1, 0.15) is 26.7 Å². The van der Waals surface area contributed by atoms with Gasteiger partial charge in [-0.1, -0.05) is 0 Å². The number of aliphatic carboxylic acids is 1. The summed E-state index contributed by atoms with van der Waals surface area (Å²) in [5.41, 5.74) is 0. The molecule has 0 aliphatic carbocycles. The zero-order valence-corrected chi connectivity index (χ0v) is 9.65. The molecule has 1 amide bonds. The van der Waals surface area contributed by atoms with Gasteiger partial charge in [-0.25, -0.2) is 4.79 Å². The van der Waals surface area contributed by atoms with Gasteiger partial charge in [0.05, 0.1) is 6.61 Å². The summed E-state index contributed by atoms with van der Waals surface area (Å²) in [7, 11) is 0. The Bertz CT molecular complexity index is 325. The second kappa shape index (κ2) is 7.37. The van der Waals surface area contributed by atoms with E-state index in [1.54, 1.807) is 6.92 Å². The summed E-state index contributed by atoms with van der Waals surface area (Å²) in [4.78, 5) is 43.8. The highest BCUT2D eigenvalue weighted by Crippen LogP contribution is 1.99. The molecule has 0 fully saturated rings. The third-order valence-electron chi connectivity index (χ3n) is 1.77. The molecule has 0 saturated carbocycles. The van der Waals surface area contributed by atoms with Crippen molar-refractivity contribution in [1.82, 2.24) is 5.32 Å². The predicted molar refractivity (Wildman–Crippen MR) is 53.5 cm³/mol. The fraction of sp³-hybridized carbons (Fsp3) is 0.600. The molecule has 0 aromatic carbocycles. The van der Waals surface area contributed by atoms with Gasteiger partial charge in [0.25, 0.3) is 0 Å². The summed E-state index contributed by atoms with van der Waals surface area (Å²) in [6.07, 6.45) is -0.902. The monoisotopic (exact) mass is 244 g/mol. The molecule has 7 heteroatoms. The maximum Gasteiger partial charge on any atom is 0.336 e. The minimum atomic E-state index is -1.45. The Morgan fingerprint density at radius 2 is 1.82 bits per heavy atom. The Balaban J connectivity index is 4.55. The smallest absolute Gasteiger partial charge is 0.336 e. The molecule has 0 bridgehead atoms. The average molecular weight is 244 g/mol. The van der Waals surface area contributed by atoms with Gasteiger partial charge in [0.2, 0.25) is 5.91 Å². The summed E-state index contributed by atoms with van der Waals surface area (Å²) in [5.74, 6) is -3.59. The Hall–Kier alpha value is -1.92. The number of hydrogen-bond acceptors (Lipinski definition) is 6. The number of amides is 1. The number of ether oxygens (including phenoxy) is 1. The van der Waals surface area contributed by atoms with Crippen LogP contribution in [0.3, 0.4) is 0 Å². The second-order valence-electron chi connectivity index (χ2n) is 3.22. The lowest BCUT2D eigenvalue weighted by atomic mass is 10.1. The minimum absolute atomic E-state index is 0.0582. The maximum atomic E-state index is 11.5. The first-order valence-electron chi connectivity index (χ1n) is 5.04. The van der Waals surface area contributed by atoms with Crippen LogP contribution in [0.15, 0.2) is 0 Å². The number of nitrogens with one attached hydrogen (secondary N) is 1. The summed E-state index contributed by atoms with van der Waals surface area (Å²) in [6.45, 7) is 2.75. The van der Waals surface area contributed by atoms with Gasteiger partial charge in [0, 0.05) is 19.3 Å². The average Bonchev–Trinajstić information content (AvgIpc) is 2.22. The number of carbonyl (C=O) groups is 4. The third kappa shape index (κ3) is 6.29. The number of esters is 1. The third-order valence-corrected chi connectivity index (χ3v) is 1.77. The molecule has 0 heterocycles. The lowest BCUT2D eigenvalue weighted by Crippen LogP contribution is -2.46. The largest absolute Gasteiger partial charge is 0.550 e. The Morgan fingerprint density at radius 1 is 1.24 bits per heavy atom. The predicted octanol–water partition coefficient (Wildman–Crippen LogP) is -1.85. The minimum Gasteiger partial charge on any atom is -0.550 e. The molecule has 0 rings (SSSR count). The molecule has 0 aliphatic heterocycles. The Morgan fingerprint density at radius 3 is 2.24 bits per heavy atom. The van der Waals surface area contributed by atoms with E-state index >= 15 is 0 Å². The number of carboxylic acid groups (broad SMARTS) is 1. The van der Waals surface area contributed by atoms with Crippen LogP contribution < -0.4 is 10.4 Å². The van der Waals surface area contributed by atoms with E-state index in [9.17, 15) is 24.3 Å².